The molecule has 0 aromatic carbocycles. The summed E-state index contributed by atoms with van der Waals surface area (Å²) in [6, 6.07) is 2.24. The molecular weight excluding hydrogens is 364 g/mol. The molecule has 1 fully saturated rings. The minimum absolute atomic E-state index is 0.104. The minimum atomic E-state index is -2.22. The van der Waals surface area contributed by atoms with E-state index < -0.39 is 24.9 Å². The Morgan fingerprint density at radius 3 is 3.14 bits per heavy atom. The lowest BCUT2D eigenvalue weighted by molar-refractivity contribution is 0.146. The van der Waals surface area contributed by atoms with E-state index in [1.807, 2.05) is 26.8 Å². The number of aliphatic imine (C=N–C) groups is 1. The first kappa shape index (κ1) is 13.8. The molecule has 0 bridgehead atoms. The number of fused-ring (bicyclic) bond motifs is 4. The van der Waals surface area contributed by atoms with Crippen LogP contribution in [-0.2, 0) is 24.1 Å². The van der Waals surface area contributed by atoms with Gasteiger partial charge in [0.1, 0.15) is 5.76 Å². The summed E-state index contributed by atoms with van der Waals surface area (Å²) in [5, 5.41) is 3.68. The Hall–Kier alpha value is -1.39. The summed E-state index contributed by atoms with van der Waals surface area (Å²) in [5.74, 6) is 1.37. The fourth-order valence-electron chi connectivity index (χ4n) is 4.99. The fraction of sp³-hybridized carbons (Fsp3) is 0.625. The number of ether oxygens (including phenoxy) is 1. The zero-order valence-electron chi connectivity index (χ0n) is 21.8. The highest BCUT2D eigenvalue weighted by molar-refractivity contribution is 7.12. The highest BCUT2D eigenvalue weighted by Crippen LogP contribution is 2.47. The summed E-state index contributed by atoms with van der Waals surface area (Å²) in [5.41, 5.74) is 2.19. The van der Waals surface area contributed by atoms with E-state index in [9.17, 15) is 0 Å². The van der Waals surface area contributed by atoms with Crippen molar-refractivity contribution in [3.05, 3.63) is 44.9 Å². The van der Waals surface area contributed by atoms with Gasteiger partial charge in [-0.2, -0.15) is 0 Å². The van der Waals surface area contributed by atoms with Gasteiger partial charge in [0.15, 0.2) is 6.23 Å². The number of hydrogen-bond donors (Lipinski definition) is 1. The second-order valence-corrected chi connectivity index (χ2v) is 10.6. The van der Waals surface area contributed by atoms with Gasteiger partial charge in [0.25, 0.3) is 0 Å². The van der Waals surface area contributed by atoms with Gasteiger partial charge in [-0.25, -0.2) is 4.99 Å². The fourth-order valence-corrected chi connectivity index (χ4v) is 6.24. The van der Waals surface area contributed by atoms with Crippen LogP contribution in [0.2, 0.25) is 0 Å². The summed E-state index contributed by atoms with van der Waals surface area (Å²) < 4.78 is 46.7. The van der Waals surface area contributed by atoms with Crippen LogP contribution >= 0.6 is 11.3 Å². The first-order valence-corrected chi connectivity index (χ1v) is 11.2. The molecule has 1 aromatic heterocycles. The van der Waals surface area contributed by atoms with Gasteiger partial charge >= 0.3 is 0 Å². The molecule has 4 heteroatoms. The van der Waals surface area contributed by atoms with Crippen LogP contribution < -0.4 is 5.32 Å². The predicted molar refractivity (Wildman–Crippen MR) is 117 cm³/mol. The Morgan fingerprint density at radius 1 is 1.43 bits per heavy atom. The first-order valence-electron chi connectivity index (χ1n) is 12.9. The maximum Gasteiger partial charge on any atom is 0.196 e. The van der Waals surface area contributed by atoms with Crippen molar-refractivity contribution in [1.29, 1.82) is 0 Å². The molecule has 3 aliphatic heterocycles. The van der Waals surface area contributed by atoms with E-state index in [4.69, 9.17) is 11.6 Å². The van der Waals surface area contributed by atoms with Gasteiger partial charge in [0.2, 0.25) is 0 Å². The molecule has 4 aliphatic rings. The van der Waals surface area contributed by atoms with E-state index in [0.29, 0.717) is 0 Å². The topological polar surface area (TPSA) is 33.6 Å². The average Bonchev–Trinajstić information content (AvgIpc) is 3.32. The third-order valence-electron chi connectivity index (χ3n) is 6.15. The Morgan fingerprint density at radius 2 is 2.32 bits per heavy atom. The number of allylic oxidation sites excluding steroid dienone is 2. The minimum Gasteiger partial charge on any atom is -0.472 e. The Kier molecular flexibility index (Phi) is 3.36. The summed E-state index contributed by atoms with van der Waals surface area (Å²) in [4.78, 5) is 6.49. The molecular formula is C24H32N2OS. The van der Waals surface area contributed by atoms with Crippen molar-refractivity contribution in [2.75, 3.05) is 0 Å². The van der Waals surface area contributed by atoms with Crippen LogP contribution in [0.4, 0.5) is 0 Å². The van der Waals surface area contributed by atoms with Crippen molar-refractivity contribution >= 4 is 17.0 Å². The number of hydrogen-bond acceptors (Lipinski definition) is 4. The zero-order chi connectivity index (χ0) is 23.8. The van der Waals surface area contributed by atoms with Gasteiger partial charge in [-0.15, -0.1) is 11.3 Å². The number of nitrogens with one attached hydrogen (secondary N) is 1. The Balaban J connectivity index is 1.41. The lowest BCUT2D eigenvalue weighted by atomic mass is 9.78. The Labute approximate surface area is 180 Å². The quantitative estimate of drug-likeness (QED) is 0.719. The summed E-state index contributed by atoms with van der Waals surface area (Å²) in [7, 11) is 0. The number of rotatable bonds is 2. The van der Waals surface area contributed by atoms with Gasteiger partial charge in [0, 0.05) is 46.7 Å². The number of thiophene rings is 1. The molecule has 4 heterocycles. The molecule has 1 saturated heterocycles. The van der Waals surface area contributed by atoms with Crippen LogP contribution in [0.15, 0.2) is 34.5 Å². The normalized spacial score (nSPS) is 35.4. The maximum absolute atomic E-state index is 8.66. The molecule has 1 N–H and O–H groups in total. The number of dihydropyridines is 1. The van der Waals surface area contributed by atoms with E-state index in [-0.39, 0.29) is 23.6 Å². The molecule has 5 rings (SSSR count). The third kappa shape index (κ3) is 3.39. The highest BCUT2D eigenvalue weighted by atomic mass is 32.1. The Bertz CT molecular complexity index is 1050. The molecule has 28 heavy (non-hydrogen) atoms. The predicted octanol–water partition coefficient (Wildman–Crippen LogP) is 5.41. The third-order valence-corrected chi connectivity index (χ3v) is 7.24. The van der Waals surface area contributed by atoms with Crippen molar-refractivity contribution in [2.45, 2.75) is 78.5 Å². The van der Waals surface area contributed by atoms with Crippen LogP contribution in [0.5, 0.6) is 0 Å². The molecule has 0 radical (unpaired) electrons. The average molecular weight is 402 g/mol. The van der Waals surface area contributed by atoms with E-state index in [2.05, 4.69) is 16.4 Å². The molecule has 1 aromatic rings. The molecule has 3 nitrogen and oxygen atoms in total. The molecule has 0 spiro atoms. The smallest absolute Gasteiger partial charge is 0.196 e. The summed E-state index contributed by atoms with van der Waals surface area (Å²) >= 11 is 1.59. The van der Waals surface area contributed by atoms with Crippen molar-refractivity contribution in [3.8, 4) is 0 Å². The van der Waals surface area contributed by atoms with Gasteiger partial charge < -0.3 is 10.1 Å². The van der Waals surface area contributed by atoms with Crippen molar-refractivity contribution in [1.82, 2.24) is 5.32 Å². The monoisotopic (exact) mass is 401 g/mol. The lowest BCUT2D eigenvalue weighted by Gasteiger charge is -2.31. The first-order chi connectivity index (χ1) is 15.4. The van der Waals surface area contributed by atoms with Gasteiger partial charge in [-0.1, -0.05) is 26.8 Å². The standard InChI is InChI=1S/C24H32N2OS/c1-14-8-9-18-17-6-5-7-19(22(17)27-23(18)26-14)20-11-15-10-16(12-24(2,3)4)28-21(15)13-25-20/h8-10,17-18,20,23,25H,5-7,11-13H2,1-4H3/t17-,18?,20+,23-/m0/s1/i1D3,12D2. The van der Waals surface area contributed by atoms with Crippen LogP contribution in [0.25, 0.3) is 0 Å². The maximum atomic E-state index is 8.66. The van der Waals surface area contributed by atoms with Gasteiger partial charge in [0.05, 0.1) is 0 Å². The van der Waals surface area contributed by atoms with Crippen LogP contribution in [0.1, 0.15) is 69.1 Å². The van der Waals surface area contributed by atoms with Crippen molar-refractivity contribution < 1.29 is 11.6 Å². The molecule has 0 amide bonds. The van der Waals surface area contributed by atoms with Crippen molar-refractivity contribution in [2.24, 2.45) is 22.2 Å². The molecule has 150 valence electrons. The van der Waals surface area contributed by atoms with Crippen LogP contribution in [0.3, 0.4) is 0 Å². The molecule has 0 saturated carbocycles. The van der Waals surface area contributed by atoms with Gasteiger partial charge in [-0.3, -0.25) is 0 Å². The SMILES string of the molecule is [2H]C([2H])([2H])C1=N[C@H]2OC3=C([C@H]4Cc5cc(C([2H])([2H])C(C)(C)C)sc5CN4)CCC[C@H]3C2C=C1. The van der Waals surface area contributed by atoms with E-state index in [1.54, 1.807) is 17.4 Å². The molecule has 4 atom stereocenters. The highest BCUT2D eigenvalue weighted by Gasteiger charge is 2.45. The number of nitrogens with zero attached hydrogens (tertiary/aromatic N) is 1. The van der Waals surface area contributed by atoms with Crippen molar-refractivity contribution in [3.63, 3.8) is 0 Å². The molecule has 1 unspecified atom stereocenters. The van der Waals surface area contributed by atoms with E-state index >= 15 is 0 Å². The summed E-state index contributed by atoms with van der Waals surface area (Å²) in [6.45, 7) is 4.37. The van der Waals surface area contributed by atoms with E-state index in [0.717, 1.165) is 42.9 Å². The van der Waals surface area contributed by atoms with Gasteiger partial charge in [-0.05, 0) is 67.6 Å². The van der Waals surface area contributed by atoms with Crippen LogP contribution in [0, 0.1) is 17.3 Å². The second-order valence-electron chi connectivity index (χ2n) is 9.42. The molecule has 1 aliphatic carbocycles. The summed E-state index contributed by atoms with van der Waals surface area (Å²) in [6.07, 6.45) is 5.76. The van der Waals surface area contributed by atoms with E-state index in [1.165, 1.54) is 16.0 Å². The zero-order valence-corrected chi connectivity index (χ0v) is 17.7. The largest absolute Gasteiger partial charge is 0.472 e. The lowest BCUT2D eigenvalue weighted by Crippen LogP contribution is -2.38. The second kappa shape index (κ2) is 6.84. The van der Waals surface area contributed by atoms with Crippen LogP contribution in [-0.4, -0.2) is 18.0 Å².